The summed E-state index contributed by atoms with van der Waals surface area (Å²) < 4.78 is 12.2. The quantitative estimate of drug-likeness (QED) is 0.870. The number of hydrogen-bond acceptors (Lipinski definition) is 4. The Morgan fingerprint density at radius 1 is 0.952 bits per heavy atom. The highest BCUT2D eigenvalue weighted by molar-refractivity contribution is 5.69. The molecular formula is C16H20N2O3. The molecule has 0 N–H and O–H groups in total. The Morgan fingerprint density at radius 2 is 1.48 bits per heavy atom. The molecule has 2 rings (SSSR count). The van der Waals surface area contributed by atoms with E-state index in [0.717, 1.165) is 33.9 Å². The van der Waals surface area contributed by atoms with Gasteiger partial charge in [0.15, 0.2) is 0 Å². The van der Waals surface area contributed by atoms with Crippen LogP contribution in [0.3, 0.4) is 0 Å². The molecule has 2 aromatic rings. The number of ether oxygens (including phenoxy) is 2. The van der Waals surface area contributed by atoms with Gasteiger partial charge in [-0.15, -0.1) is 0 Å². The maximum absolute atomic E-state index is 11.9. The second-order valence-electron chi connectivity index (χ2n) is 5.03. The Bertz CT molecular complexity index is 723. The maximum Gasteiger partial charge on any atom is 0.269 e. The number of rotatable bonds is 3. The molecule has 112 valence electrons. The molecule has 1 heterocycles. The molecule has 5 nitrogen and oxygen atoms in total. The Morgan fingerprint density at radius 3 is 1.95 bits per heavy atom. The van der Waals surface area contributed by atoms with Gasteiger partial charge in [-0.1, -0.05) is 0 Å². The fourth-order valence-electron chi connectivity index (χ4n) is 2.35. The van der Waals surface area contributed by atoms with Crippen molar-refractivity contribution < 1.29 is 9.47 Å². The second-order valence-corrected chi connectivity index (χ2v) is 5.03. The molecule has 0 aliphatic carbocycles. The van der Waals surface area contributed by atoms with Crippen LogP contribution >= 0.6 is 0 Å². The summed E-state index contributed by atoms with van der Waals surface area (Å²) in [7, 11) is 4.90. The van der Waals surface area contributed by atoms with Gasteiger partial charge in [-0.25, -0.2) is 4.68 Å². The van der Waals surface area contributed by atoms with Crippen LogP contribution in [0.1, 0.15) is 16.7 Å². The summed E-state index contributed by atoms with van der Waals surface area (Å²) in [5.41, 5.74) is 4.04. The lowest BCUT2D eigenvalue weighted by Crippen LogP contribution is -2.23. The predicted octanol–water partition coefficient (Wildman–Crippen LogP) is 2.39. The highest BCUT2D eigenvalue weighted by Crippen LogP contribution is 2.34. The third kappa shape index (κ3) is 2.51. The van der Waals surface area contributed by atoms with Crippen LogP contribution in [0, 0.1) is 20.8 Å². The third-order valence-corrected chi connectivity index (χ3v) is 3.81. The van der Waals surface area contributed by atoms with Crippen LogP contribution in [0.5, 0.6) is 11.5 Å². The van der Waals surface area contributed by atoms with Crippen molar-refractivity contribution >= 4 is 0 Å². The van der Waals surface area contributed by atoms with Crippen molar-refractivity contribution in [3.05, 3.63) is 39.2 Å². The number of benzene rings is 1. The lowest BCUT2D eigenvalue weighted by atomic mass is 10.0. The highest BCUT2D eigenvalue weighted by atomic mass is 16.5. The SMILES string of the molecule is COc1cc(-c2nn(C)c(=O)c(C)c2C)cc(OC)c1C. The largest absolute Gasteiger partial charge is 0.496 e. The predicted molar refractivity (Wildman–Crippen MR) is 82.2 cm³/mol. The van der Waals surface area contributed by atoms with E-state index in [1.807, 2.05) is 32.9 Å². The van der Waals surface area contributed by atoms with Gasteiger partial charge in [0.05, 0.1) is 19.9 Å². The van der Waals surface area contributed by atoms with Crippen LogP contribution in [0.25, 0.3) is 11.3 Å². The molecule has 0 radical (unpaired) electrons. The molecule has 0 fully saturated rings. The summed E-state index contributed by atoms with van der Waals surface area (Å²) in [6, 6.07) is 3.83. The zero-order valence-electron chi connectivity index (χ0n) is 13.3. The molecule has 0 amide bonds. The van der Waals surface area contributed by atoms with Gasteiger partial charge in [0, 0.05) is 23.7 Å². The van der Waals surface area contributed by atoms with E-state index in [4.69, 9.17) is 9.47 Å². The molecule has 0 spiro atoms. The van der Waals surface area contributed by atoms with Gasteiger partial charge in [-0.05, 0) is 38.5 Å². The van der Waals surface area contributed by atoms with Crippen molar-refractivity contribution in [3.63, 3.8) is 0 Å². The zero-order valence-corrected chi connectivity index (χ0v) is 13.3. The summed E-state index contributed by atoms with van der Waals surface area (Å²) in [6.45, 7) is 5.65. The fourth-order valence-corrected chi connectivity index (χ4v) is 2.35. The molecule has 0 atom stereocenters. The van der Waals surface area contributed by atoms with E-state index in [2.05, 4.69) is 5.10 Å². The molecule has 5 heteroatoms. The minimum Gasteiger partial charge on any atom is -0.496 e. The van der Waals surface area contributed by atoms with Crippen LogP contribution in [0.4, 0.5) is 0 Å². The van der Waals surface area contributed by atoms with Crippen molar-refractivity contribution in [1.29, 1.82) is 0 Å². The standard InChI is InChI=1S/C16H20N2O3/c1-9-10(2)16(19)18(4)17-15(9)12-7-13(20-5)11(3)14(8-12)21-6/h7-8H,1-6H3. The van der Waals surface area contributed by atoms with Gasteiger partial charge >= 0.3 is 0 Å². The Labute approximate surface area is 124 Å². The summed E-state index contributed by atoms with van der Waals surface area (Å²) in [5.74, 6) is 1.47. The molecule has 1 aromatic carbocycles. The van der Waals surface area contributed by atoms with Crippen LogP contribution in [0.2, 0.25) is 0 Å². The third-order valence-electron chi connectivity index (χ3n) is 3.81. The van der Waals surface area contributed by atoms with E-state index < -0.39 is 0 Å². The monoisotopic (exact) mass is 288 g/mol. The van der Waals surface area contributed by atoms with E-state index in [0.29, 0.717) is 5.56 Å². The molecule has 21 heavy (non-hydrogen) atoms. The van der Waals surface area contributed by atoms with E-state index in [9.17, 15) is 4.79 Å². The summed E-state index contributed by atoms with van der Waals surface area (Å²) >= 11 is 0. The molecule has 0 saturated carbocycles. The lowest BCUT2D eigenvalue weighted by Gasteiger charge is -2.14. The van der Waals surface area contributed by atoms with Gasteiger partial charge in [-0.2, -0.15) is 5.10 Å². The Balaban J connectivity index is 2.76. The minimum absolute atomic E-state index is 0.0812. The number of aryl methyl sites for hydroxylation is 1. The Kier molecular flexibility index (Phi) is 4.02. The highest BCUT2D eigenvalue weighted by Gasteiger charge is 2.15. The first-order valence-electron chi connectivity index (χ1n) is 6.68. The van der Waals surface area contributed by atoms with Gasteiger partial charge in [-0.3, -0.25) is 4.79 Å². The number of hydrogen-bond donors (Lipinski definition) is 0. The van der Waals surface area contributed by atoms with Crippen molar-refractivity contribution in [2.75, 3.05) is 14.2 Å². The normalized spacial score (nSPS) is 10.6. The molecule has 0 aliphatic rings. The summed E-state index contributed by atoms with van der Waals surface area (Å²) in [6.07, 6.45) is 0. The van der Waals surface area contributed by atoms with Gasteiger partial charge in [0.2, 0.25) is 0 Å². The zero-order chi connectivity index (χ0) is 15.7. The van der Waals surface area contributed by atoms with Gasteiger partial charge in [0.25, 0.3) is 5.56 Å². The molecule has 0 bridgehead atoms. The minimum atomic E-state index is -0.0812. The topological polar surface area (TPSA) is 53.4 Å². The number of methoxy groups -OCH3 is 2. The smallest absolute Gasteiger partial charge is 0.269 e. The van der Waals surface area contributed by atoms with Crippen LogP contribution in [-0.2, 0) is 7.05 Å². The lowest BCUT2D eigenvalue weighted by molar-refractivity contribution is 0.389. The fraction of sp³-hybridized carbons (Fsp3) is 0.375. The first-order chi connectivity index (χ1) is 9.90. The maximum atomic E-state index is 11.9. The van der Waals surface area contributed by atoms with Crippen molar-refractivity contribution in [1.82, 2.24) is 9.78 Å². The van der Waals surface area contributed by atoms with Crippen molar-refractivity contribution in [2.45, 2.75) is 20.8 Å². The first-order valence-corrected chi connectivity index (χ1v) is 6.68. The molecular weight excluding hydrogens is 268 g/mol. The summed E-state index contributed by atoms with van der Waals surface area (Å²) in [4.78, 5) is 11.9. The first kappa shape index (κ1) is 15.1. The van der Waals surface area contributed by atoms with E-state index in [1.54, 1.807) is 21.3 Å². The molecule has 0 aliphatic heterocycles. The van der Waals surface area contributed by atoms with Crippen LogP contribution in [-0.4, -0.2) is 24.0 Å². The van der Waals surface area contributed by atoms with Crippen LogP contribution < -0.4 is 15.0 Å². The van der Waals surface area contributed by atoms with Crippen LogP contribution in [0.15, 0.2) is 16.9 Å². The van der Waals surface area contributed by atoms with Gasteiger partial charge in [0.1, 0.15) is 11.5 Å². The van der Waals surface area contributed by atoms with Crippen molar-refractivity contribution in [3.8, 4) is 22.8 Å². The average Bonchev–Trinajstić information content (AvgIpc) is 2.49. The number of aromatic nitrogens is 2. The molecule has 1 aromatic heterocycles. The van der Waals surface area contributed by atoms with Crippen molar-refractivity contribution in [2.24, 2.45) is 7.05 Å². The summed E-state index contributed by atoms with van der Waals surface area (Å²) in [5, 5.41) is 4.38. The van der Waals surface area contributed by atoms with E-state index >= 15 is 0 Å². The average molecular weight is 288 g/mol. The second kappa shape index (κ2) is 5.60. The van der Waals surface area contributed by atoms with Gasteiger partial charge < -0.3 is 9.47 Å². The van der Waals surface area contributed by atoms with E-state index in [-0.39, 0.29) is 5.56 Å². The Hall–Kier alpha value is -2.30. The molecule has 0 unspecified atom stereocenters. The molecule has 0 saturated heterocycles. The van der Waals surface area contributed by atoms with E-state index in [1.165, 1.54) is 4.68 Å². The number of nitrogens with zero attached hydrogens (tertiary/aromatic N) is 2.